The lowest BCUT2D eigenvalue weighted by Crippen LogP contribution is -1.96. The minimum absolute atomic E-state index is 0.617. The highest BCUT2D eigenvalue weighted by Gasteiger charge is 1.97. The van der Waals surface area contributed by atoms with Crippen molar-refractivity contribution in [3.63, 3.8) is 0 Å². The van der Waals surface area contributed by atoms with Crippen molar-refractivity contribution in [2.75, 3.05) is 5.73 Å². The molecule has 0 spiro atoms. The molecule has 0 amide bonds. The predicted octanol–water partition coefficient (Wildman–Crippen LogP) is 1.18. The number of imidazole rings is 1. The Morgan fingerprint density at radius 3 is 2.80 bits per heavy atom. The Labute approximate surface area is 60.9 Å². The molecule has 0 aliphatic carbocycles. The average Bonchev–Trinajstić information content (AvgIpc) is 2.13. The molecule has 0 aliphatic heterocycles. The summed E-state index contributed by atoms with van der Waals surface area (Å²) in [4.78, 5) is 4.07. The van der Waals surface area contributed by atoms with Gasteiger partial charge in [-0.1, -0.05) is 6.92 Å². The van der Waals surface area contributed by atoms with E-state index in [1.54, 1.807) is 0 Å². The maximum Gasteiger partial charge on any atom is 0.141 e. The van der Waals surface area contributed by atoms with Crippen LogP contribution in [0.3, 0.4) is 0 Å². The van der Waals surface area contributed by atoms with Crippen LogP contribution in [0.2, 0.25) is 0 Å². The van der Waals surface area contributed by atoms with Gasteiger partial charge in [-0.05, 0) is 13.3 Å². The predicted molar refractivity (Wildman–Crippen MR) is 41.7 cm³/mol. The highest BCUT2D eigenvalue weighted by atomic mass is 15.1. The van der Waals surface area contributed by atoms with E-state index in [1.165, 1.54) is 0 Å². The van der Waals surface area contributed by atoms with Crippen LogP contribution in [0.1, 0.15) is 19.2 Å². The second kappa shape index (κ2) is 2.73. The number of hydrogen-bond acceptors (Lipinski definition) is 2. The third-order valence-electron chi connectivity index (χ3n) is 1.46. The molecular weight excluding hydrogens is 126 g/mol. The van der Waals surface area contributed by atoms with Crippen molar-refractivity contribution in [3.05, 3.63) is 12.0 Å². The molecule has 0 radical (unpaired) electrons. The van der Waals surface area contributed by atoms with Crippen LogP contribution in [0.5, 0.6) is 0 Å². The third-order valence-corrected chi connectivity index (χ3v) is 1.46. The van der Waals surface area contributed by atoms with Gasteiger partial charge in [-0.15, -0.1) is 0 Å². The lowest BCUT2D eigenvalue weighted by atomic mass is 10.5. The SMILES string of the molecule is CCCn1cc(N)nc1C. The molecule has 10 heavy (non-hydrogen) atoms. The zero-order chi connectivity index (χ0) is 7.56. The topological polar surface area (TPSA) is 43.8 Å². The Kier molecular flexibility index (Phi) is 1.94. The van der Waals surface area contributed by atoms with E-state index < -0.39 is 0 Å². The van der Waals surface area contributed by atoms with Crippen molar-refractivity contribution in [3.8, 4) is 0 Å². The number of anilines is 1. The number of rotatable bonds is 2. The van der Waals surface area contributed by atoms with Crippen LogP contribution in [0.15, 0.2) is 6.20 Å². The van der Waals surface area contributed by atoms with Gasteiger partial charge >= 0.3 is 0 Å². The minimum Gasteiger partial charge on any atom is -0.382 e. The van der Waals surface area contributed by atoms with Gasteiger partial charge in [0.15, 0.2) is 0 Å². The first kappa shape index (κ1) is 7.12. The lowest BCUT2D eigenvalue weighted by Gasteiger charge is -1.98. The van der Waals surface area contributed by atoms with E-state index >= 15 is 0 Å². The van der Waals surface area contributed by atoms with Crippen molar-refractivity contribution >= 4 is 5.82 Å². The van der Waals surface area contributed by atoms with Crippen molar-refractivity contribution in [2.24, 2.45) is 0 Å². The van der Waals surface area contributed by atoms with Gasteiger partial charge in [-0.25, -0.2) is 4.98 Å². The molecule has 0 atom stereocenters. The molecule has 2 N–H and O–H groups in total. The summed E-state index contributed by atoms with van der Waals surface area (Å²) in [6.07, 6.45) is 3.00. The van der Waals surface area contributed by atoms with Gasteiger partial charge in [-0.2, -0.15) is 0 Å². The number of nitrogen functional groups attached to an aromatic ring is 1. The fraction of sp³-hybridized carbons (Fsp3) is 0.571. The van der Waals surface area contributed by atoms with Gasteiger partial charge in [-0.3, -0.25) is 0 Å². The summed E-state index contributed by atoms with van der Waals surface area (Å²) >= 11 is 0. The maximum atomic E-state index is 5.48. The molecule has 0 saturated heterocycles. The largest absolute Gasteiger partial charge is 0.382 e. The van der Waals surface area contributed by atoms with Crippen LogP contribution < -0.4 is 5.73 Å². The molecule has 1 heterocycles. The first-order valence-electron chi connectivity index (χ1n) is 3.53. The molecule has 1 rings (SSSR count). The van der Waals surface area contributed by atoms with Crippen molar-refractivity contribution < 1.29 is 0 Å². The summed E-state index contributed by atoms with van der Waals surface area (Å²) in [7, 11) is 0. The minimum atomic E-state index is 0.617. The van der Waals surface area contributed by atoms with Crippen molar-refractivity contribution in [2.45, 2.75) is 26.8 Å². The first-order valence-corrected chi connectivity index (χ1v) is 3.53. The van der Waals surface area contributed by atoms with E-state index in [1.807, 2.05) is 13.1 Å². The number of nitrogens with two attached hydrogens (primary N) is 1. The third kappa shape index (κ3) is 1.29. The summed E-state index contributed by atoms with van der Waals surface area (Å²) in [5.74, 6) is 1.62. The van der Waals surface area contributed by atoms with Crippen LogP contribution in [-0.2, 0) is 6.54 Å². The summed E-state index contributed by atoms with van der Waals surface area (Å²) in [6.45, 7) is 5.11. The summed E-state index contributed by atoms with van der Waals surface area (Å²) in [6, 6.07) is 0. The Morgan fingerprint density at radius 1 is 1.70 bits per heavy atom. The van der Waals surface area contributed by atoms with E-state index in [2.05, 4.69) is 16.5 Å². The van der Waals surface area contributed by atoms with Gasteiger partial charge in [0, 0.05) is 12.7 Å². The average molecular weight is 139 g/mol. The second-order valence-electron chi connectivity index (χ2n) is 2.41. The molecule has 56 valence electrons. The van der Waals surface area contributed by atoms with E-state index in [-0.39, 0.29) is 0 Å². The highest BCUT2D eigenvalue weighted by Crippen LogP contribution is 2.03. The Bertz CT molecular complexity index is 215. The standard InChI is InChI=1S/C7H13N3/c1-3-4-10-5-7(8)9-6(10)2/h5H,3-4,8H2,1-2H3. The molecule has 0 aromatic carbocycles. The van der Waals surface area contributed by atoms with Gasteiger partial charge < -0.3 is 10.3 Å². The first-order chi connectivity index (χ1) is 4.74. The molecule has 0 unspecified atom stereocenters. The smallest absolute Gasteiger partial charge is 0.141 e. The van der Waals surface area contributed by atoms with E-state index in [9.17, 15) is 0 Å². The van der Waals surface area contributed by atoms with Gasteiger partial charge in [0.25, 0.3) is 0 Å². The van der Waals surface area contributed by atoms with E-state index in [0.29, 0.717) is 5.82 Å². The Hall–Kier alpha value is -0.990. The number of aromatic nitrogens is 2. The lowest BCUT2D eigenvalue weighted by molar-refractivity contribution is 0.658. The van der Waals surface area contributed by atoms with Crippen molar-refractivity contribution in [1.29, 1.82) is 0 Å². The molecule has 0 bridgehead atoms. The molecule has 3 nitrogen and oxygen atoms in total. The molecule has 0 fully saturated rings. The molecule has 1 aromatic heterocycles. The number of hydrogen-bond donors (Lipinski definition) is 1. The molecule has 0 aliphatic rings. The quantitative estimate of drug-likeness (QED) is 0.668. The zero-order valence-corrected chi connectivity index (χ0v) is 6.46. The fourth-order valence-corrected chi connectivity index (χ4v) is 1.00. The molecule has 1 aromatic rings. The van der Waals surface area contributed by atoms with Crippen LogP contribution in [0.25, 0.3) is 0 Å². The molecule has 3 heteroatoms. The Morgan fingerprint density at radius 2 is 2.40 bits per heavy atom. The van der Waals surface area contributed by atoms with Gasteiger partial charge in [0.05, 0.1) is 0 Å². The monoisotopic (exact) mass is 139 g/mol. The highest BCUT2D eigenvalue weighted by molar-refractivity contribution is 5.25. The fourth-order valence-electron chi connectivity index (χ4n) is 1.00. The summed E-state index contributed by atoms with van der Waals surface area (Å²) < 4.78 is 2.06. The maximum absolute atomic E-state index is 5.48. The zero-order valence-electron chi connectivity index (χ0n) is 6.46. The van der Waals surface area contributed by atoms with Crippen LogP contribution in [0.4, 0.5) is 5.82 Å². The number of aryl methyl sites for hydroxylation is 2. The Balaban J connectivity index is 2.81. The van der Waals surface area contributed by atoms with E-state index in [4.69, 9.17) is 5.73 Å². The number of nitrogens with zero attached hydrogens (tertiary/aromatic N) is 2. The summed E-state index contributed by atoms with van der Waals surface area (Å²) in [5.41, 5.74) is 5.48. The van der Waals surface area contributed by atoms with Gasteiger partial charge in [0.2, 0.25) is 0 Å². The van der Waals surface area contributed by atoms with Crippen LogP contribution in [0, 0.1) is 6.92 Å². The second-order valence-corrected chi connectivity index (χ2v) is 2.41. The summed E-state index contributed by atoms with van der Waals surface area (Å²) in [5, 5.41) is 0. The normalized spacial score (nSPS) is 10.2. The van der Waals surface area contributed by atoms with Crippen molar-refractivity contribution in [1.82, 2.24) is 9.55 Å². The van der Waals surface area contributed by atoms with Crippen LogP contribution >= 0.6 is 0 Å². The van der Waals surface area contributed by atoms with Crippen LogP contribution in [-0.4, -0.2) is 9.55 Å². The molecule has 0 saturated carbocycles. The van der Waals surface area contributed by atoms with E-state index in [0.717, 1.165) is 18.8 Å². The molecular formula is C7H13N3. The van der Waals surface area contributed by atoms with Gasteiger partial charge in [0.1, 0.15) is 11.6 Å².